The zero-order valence-electron chi connectivity index (χ0n) is 24.0. The highest BCUT2D eigenvalue weighted by Gasteiger charge is 2.33. The third-order valence-electron chi connectivity index (χ3n) is 9.46. The maximum Gasteiger partial charge on any atom is 0.255 e. The minimum absolute atomic E-state index is 0.00371. The summed E-state index contributed by atoms with van der Waals surface area (Å²) < 4.78 is 1.73. The van der Waals surface area contributed by atoms with Crippen molar-refractivity contribution in [2.24, 2.45) is 18.9 Å². The Hall–Kier alpha value is -2.96. The highest BCUT2D eigenvalue weighted by atomic mass is 16.2. The molecule has 1 aromatic heterocycles. The molecule has 2 aromatic carbocycles. The molecule has 6 heteroatoms. The fourth-order valence-electron chi connectivity index (χ4n) is 6.90. The van der Waals surface area contributed by atoms with Gasteiger partial charge in [-0.05, 0) is 54.7 Å². The Morgan fingerprint density at radius 1 is 0.925 bits per heavy atom. The van der Waals surface area contributed by atoms with Gasteiger partial charge in [0.15, 0.2) is 0 Å². The molecule has 0 bridgehead atoms. The van der Waals surface area contributed by atoms with Crippen molar-refractivity contribution in [2.45, 2.75) is 57.5 Å². The van der Waals surface area contributed by atoms with Crippen LogP contribution in [0.25, 0.3) is 10.9 Å². The zero-order valence-corrected chi connectivity index (χ0v) is 24.0. The number of piperazine rings is 1. The summed E-state index contributed by atoms with van der Waals surface area (Å²) in [4.78, 5) is 34.6. The average molecular weight is 541 g/mol. The Labute approximate surface area is 238 Å². The van der Waals surface area contributed by atoms with Crippen molar-refractivity contribution in [3.63, 3.8) is 0 Å². The minimum atomic E-state index is -0.00371. The second kappa shape index (κ2) is 12.3. The number of carbonyl (C=O) groups is 1. The van der Waals surface area contributed by atoms with Crippen molar-refractivity contribution in [2.75, 3.05) is 39.3 Å². The van der Waals surface area contributed by atoms with Crippen LogP contribution in [0.15, 0.2) is 65.5 Å². The van der Waals surface area contributed by atoms with E-state index in [0.717, 1.165) is 68.7 Å². The molecule has 1 saturated heterocycles. The molecule has 6 nitrogen and oxygen atoms in total. The molecule has 2 heterocycles. The van der Waals surface area contributed by atoms with E-state index in [1.807, 2.05) is 36.2 Å². The van der Waals surface area contributed by atoms with E-state index in [9.17, 15) is 9.59 Å². The maximum atomic E-state index is 14.0. The van der Waals surface area contributed by atoms with Gasteiger partial charge in [0.25, 0.3) is 5.56 Å². The standard InChI is InChI=1S/C34H44N4O2/c1-35-31-15-9-8-14-29(31)22-30(33(35)39)24-38(34(40)28-12-6-3-7-13-28)21-20-37-19-18-36(23-26-16-17-26)25-32(37)27-10-4-2-5-11-27/h2,4-5,8-11,14-15,22,26,28,32H,3,6-7,12-13,16-21,23-25H2,1H3. The summed E-state index contributed by atoms with van der Waals surface area (Å²) in [5, 5.41) is 1.04. The Bertz CT molecular complexity index is 1360. The molecule has 2 aliphatic carbocycles. The molecule has 0 N–H and O–H groups in total. The number of aromatic nitrogens is 1. The summed E-state index contributed by atoms with van der Waals surface area (Å²) in [6.07, 6.45) is 8.17. The molecule has 1 amide bonds. The largest absolute Gasteiger partial charge is 0.337 e. The summed E-state index contributed by atoms with van der Waals surface area (Å²) >= 11 is 0. The smallest absolute Gasteiger partial charge is 0.255 e. The third kappa shape index (κ3) is 6.18. The van der Waals surface area contributed by atoms with Crippen LogP contribution in [0.1, 0.15) is 62.1 Å². The van der Waals surface area contributed by atoms with Crippen LogP contribution < -0.4 is 5.56 Å². The lowest BCUT2D eigenvalue weighted by atomic mass is 9.88. The van der Waals surface area contributed by atoms with Gasteiger partial charge >= 0.3 is 0 Å². The first kappa shape index (κ1) is 27.2. The molecule has 212 valence electrons. The van der Waals surface area contributed by atoms with Gasteiger partial charge in [-0.3, -0.25) is 19.4 Å². The van der Waals surface area contributed by atoms with Crippen molar-refractivity contribution >= 4 is 16.8 Å². The third-order valence-corrected chi connectivity index (χ3v) is 9.46. The van der Waals surface area contributed by atoms with Crippen LogP contribution in [0, 0.1) is 11.8 Å². The second-order valence-corrected chi connectivity index (χ2v) is 12.4. The first-order valence-electron chi connectivity index (χ1n) is 15.4. The van der Waals surface area contributed by atoms with Crippen LogP contribution in [-0.4, -0.2) is 64.4 Å². The zero-order chi connectivity index (χ0) is 27.5. The molecule has 3 aliphatic rings. The van der Waals surface area contributed by atoms with Crippen molar-refractivity contribution in [1.82, 2.24) is 19.3 Å². The van der Waals surface area contributed by atoms with Gasteiger partial charge < -0.3 is 9.47 Å². The highest BCUT2D eigenvalue weighted by Crippen LogP contribution is 2.33. The maximum absolute atomic E-state index is 14.0. The minimum Gasteiger partial charge on any atom is -0.337 e. The summed E-state index contributed by atoms with van der Waals surface area (Å²) in [7, 11) is 1.84. The van der Waals surface area contributed by atoms with Crippen LogP contribution in [0.2, 0.25) is 0 Å². The molecule has 3 fully saturated rings. The summed E-state index contributed by atoms with van der Waals surface area (Å²) in [5.41, 5.74) is 2.99. The molecule has 2 saturated carbocycles. The van der Waals surface area contributed by atoms with Crippen LogP contribution in [-0.2, 0) is 18.4 Å². The summed E-state index contributed by atoms with van der Waals surface area (Å²) in [5.74, 6) is 1.20. The normalized spacial score (nSPS) is 21.1. The lowest BCUT2D eigenvalue weighted by Gasteiger charge is -2.43. The summed E-state index contributed by atoms with van der Waals surface area (Å²) in [6, 6.07) is 21.2. The highest BCUT2D eigenvalue weighted by molar-refractivity contribution is 5.81. The van der Waals surface area contributed by atoms with Gasteiger partial charge in [-0.1, -0.05) is 67.8 Å². The van der Waals surface area contributed by atoms with E-state index in [4.69, 9.17) is 0 Å². The quantitative estimate of drug-likeness (QED) is 0.374. The number of hydrogen-bond acceptors (Lipinski definition) is 4. The monoisotopic (exact) mass is 540 g/mol. The van der Waals surface area contributed by atoms with Crippen molar-refractivity contribution in [1.29, 1.82) is 0 Å². The van der Waals surface area contributed by atoms with Gasteiger partial charge in [0.05, 0.1) is 12.1 Å². The number of amides is 1. The van der Waals surface area contributed by atoms with E-state index in [2.05, 4.69) is 46.2 Å². The van der Waals surface area contributed by atoms with E-state index >= 15 is 0 Å². The fourth-order valence-corrected chi connectivity index (χ4v) is 6.90. The molecular formula is C34H44N4O2. The van der Waals surface area contributed by atoms with E-state index in [-0.39, 0.29) is 17.4 Å². The summed E-state index contributed by atoms with van der Waals surface area (Å²) in [6.45, 7) is 6.21. The molecule has 40 heavy (non-hydrogen) atoms. The number of pyridine rings is 1. The molecular weight excluding hydrogens is 496 g/mol. The molecule has 3 aromatic rings. The predicted molar refractivity (Wildman–Crippen MR) is 161 cm³/mol. The van der Waals surface area contributed by atoms with E-state index in [1.165, 1.54) is 31.4 Å². The average Bonchev–Trinajstić information content (AvgIpc) is 3.82. The molecule has 1 aliphatic heterocycles. The molecule has 0 radical (unpaired) electrons. The molecule has 1 atom stereocenters. The Morgan fingerprint density at radius 2 is 1.68 bits per heavy atom. The first-order valence-corrected chi connectivity index (χ1v) is 15.4. The van der Waals surface area contributed by atoms with Gasteiger partial charge in [0.2, 0.25) is 5.91 Å². The van der Waals surface area contributed by atoms with Gasteiger partial charge in [0, 0.05) is 63.8 Å². The van der Waals surface area contributed by atoms with Crippen molar-refractivity contribution < 1.29 is 4.79 Å². The number of para-hydroxylation sites is 1. The lowest BCUT2D eigenvalue weighted by molar-refractivity contribution is -0.137. The topological polar surface area (TPSA) is 48.8 Å². The second-order valence-electron chi connectivity index (χ2n) is 12.4. The number of fused-ring (bicyclic) bond motifs is 1. The number of carbonyl (C=O) groups excluding carboxylic acids is 1. The van der Waals surface area contributed by atoms with Gasteiger partial charge in [-0.2, -0.15) is 0 Å². The number of rotatable bonds is 9. The SMILES string of the molecule is Cn1c(=O)c(CN(CCN2CCN(CC3CC3)CC2c2ccccc2)C(=O)C2CCCCC2)cc2ccccc21. The van der Waals surface area contributed by atoms with Crippen LogP contribution >= 0.6 is 0 Å². The fraction of sp³-hybridized carbons (Fsp3) is 0.529. The Balaban J connectivity index is 1.23. The molecule has 0 spiro atoms. The van der Waals surface area contributed by atoms with Crippen LogP contribution in [0.5, 0.6) is 0 Å². The Kier molecular flexibility index (Phi) is 8.35. The van der Waals surface area contributed by atoms with Crippen LogP contribution in [0.4, 0.5) is 0 Å². The number of hydrogen-bond donors (Lipinski definition) is 0. The lowest BCUT2D eigenvalue weighted by Crippen LogP contribution is -2.51. The predicted octanol–water partition coefficient (Wildman–Crippen LogP) is 5.22. The van der Waals surface area contributed by atoms with E-state index < -0.39 is 0 Å². The number of aryl methyl sites for hydroxylation is 1. The van der Waals surface area contributed by atoms with Gasteiger partial charge in [-0.25, -0.2) is 0 Å². The van der Waals surface area contributed by atoms with Crippen molar-refractivity contribution in [3.8, 4) is 0 Å². The number of benzene rings is 2. The molecule has 6 rings (SSSR count). The van der Waals surface area contributed by atoms with E-state index in [1.54, 1.807) is 4.57 Å². The van der Waals surface area contributed by atoms with E-state index in [0.29, 0.717) is 24.7 Å². The van der Waals surface area contributed by atoms with Crippen molar-refractivity contribution in [3.05, 3.63) is 82.1 Å². The first-order chi connectivity index (χ1) is 19.6. The molecule has 1 unspecified atom stereocenters. The Morgan fingerprint density at radius 3 is 2.45 bits per heavy atom. The number of nitrogens with zero attached hydrogens (tertiary/aromatic N) is 4. The van der Waals surface area contributed by atoms with Gasteiger partial charge in [-0.15, -0.1) is 0 Å². The van der Waals surface area contributed by atoms with Crippen LogP contribution in [0.3, 0.4) is 0 Å². The van der Waals surface area contributed by atoms with Gasteiger partial charge in [0.1, 0.15) is 0 Å².